The molecule has 0 fully saturated rings. The molecule has 4 rings (SSSR count). The highest BCUT2D eigenvalue weighted by molar-refractivity contribution is 6.01. The third-order valence-electron chi connectivity index (χ3n) is 4.96. The van der Waals surface area contributed by atoms with E-state index in [0.29, 0.717) is 42.4 Å². The molecule has 6 nitrogen and oxygen atoms in total. The molecule has 2 N–H and O–H groups in total. The number of nitrogens with one attached hydrogen (secondary N) is 2. The van der Waals surface area contributed by atoms with Crippen LogP contribution in [0, 0.1) is 0 Å². The lowest BCUT2D eigenvalue weighted by Crippen LogP contribution is -2.45. The van der Waals surface area contributed by atoms with Crippen LogP contribution in [0.3, 0.4) is 0 Å². The van der Waals surface area contributed by atoms with Crippen molar-refractivity contribution in [2.45, 2.75) is 18.9 Å². The average molecular weight is 416 g/mol. The SMILES string of the molecule is O=C(N[C@@H](Cc1ccccc1)C(=O)Nc1ccc2c(c1)OCCCO2)c1ccccc1. The molecule has 31 heavy (non-hydrogen) atoms. The van der Waals surface area contributed by atoms with Gasteiger partial charge in [0.2, 0.25) is 5.91 Å². The van der Waals surface area contributed by atoms with E-state index in [9.17, 15) is 9.59 Å². The molecule has 3 aromatic carbocycles. The monoisotopic (exact) mass is 416 g/mol. The molecule has 0 unspecified atom stereocenters. The molecule has 1 heterocycles. The van der Waals surface area contributed by atoms with Gasteiger partial charge in [-0.15, -0.1) is 0 Å². The van der Waals surface area contributed by atoms with Crippen molar-refractivity contribution >= 4 is 17.5 Å². The maximum Gasteiger partial charge on any atom is 0.251 e. The van der Waals surface area contributed by atoms with Gasteiger partial charge >= 0.3 is 0 Å². The van der Waals surface area contributed by atoms with E-state index in [0.717, 1.165) is 12.0 Å². The van der Waals surface area contributed by atoms with Crippen LogP contribution in [0.1, 0.15) is 22.3 Å². The number of anilines is 1. The fourth-order valence-electron chi connectivity index (χ4n) is 3.36. The summed E-state index contributed by atoms with van der Waals surface area (Å²) in [6, 6.07) is 23.0. The first-order valence-electron chi connectivity index (χ1n) is 10.3. The number of carbonyl (C=O) groups is 2. The van der Waals surface area contributed by atoms with Crippen molar-refractivity contribution in [1.29, 1.82) is 0 Å². The molecular weight excluding hydrogens is 392 g/mol. The molecule has 1 atom stereocenters. The van der Waals surface area contributed by atoms with Gasteiger partial charge in [-0.2, -0.15) is 0 Å². The van der Waals surface area contributed by atoms with Crippen molar-refractivity contribution in [2.24, 2.45) is 0 Å². The highest BCUT2D eigenvalue weighted by Crippen LogP contribution is 2.32. The molecule has 1 aliphatic heterocycles. The van der Waals surface area contributed by atoms with Gasteiger partial charge in [-0.05, 0) is 29.8 Å². The lowest BCUT2D eigenvalue weighted by Gasteiger charge is -2.19. The van der Waals surface area contributed by atoms with Crippen LogP contribution in [-0.2, 0) is 11.2 Å². The van der Waals surface area contributed by atoms with Crippen LogP contribution in [0.2, 0.25) is 0 Å². The van der Waals surface area contributed by atoms with Gasteiger partial charge in [0.1, 0.15) is 6.04 Å². The van der Waals surface area contributed by atoms with Gasteiger partial charge in [-0.3, -0.25) is 9.59 Å². The molecule has 0 saturated heterocycles. The molecule has 0 aromatic heterocycles. The quantitative estimate of drug-likeness (QED) is 0.640. The van der Waals surface area contributed by atoms with Gasteiger partial charge < -0.3 is 20.1 Å². The van der Waals surface area contributed by atoms with Crippen LogP contribution in [0.15, 0.2) is 78.9 Å². The number of rotatable bonds is 6. The molecule has 0 aliphatic carbocycles. The first-order chi connectivity index (χ1) is 15.2. The molecule has 1 aliphatic rings. The fraction of sp³-hybridized carbons (Fsp3) is 0.200. The second kappa shape index (κ2) is 9.80. The van der Waals surface area contributed by atoms with Crippen LogP contribution >= 0.6 is 0 Å². The number of carbonyl (C=O) groups excluding carboxylic acids is 2. The zero-order valence-corrected chi connectivity index (χ0v) is 17.0. The Hall–Kier alpha value is -3.80. The second-order valence-corrected chi connectivity index (χ2v) is 7.28. The van der Waals surface area contributed by atoms with Crippen molar-refractivity contribution in [1.82, 2.24) is 5.32 Å². The lowest BCUT2D eigenvalue weighted by atomic mass is 10.0. The van der Waals surface area contributed by atoms with E-state index in [-0.39, 0.29) is 11.8 Å². The summed E-state index contributed by atoms with van der Waals surface area (Å²) < 4.78 is 11.3. The van der Waals surface area contributed by atoms with Crippen molar-refractivity contribution in [3.8, 4) is 11.5 Å². The number of hydrogen-bond donors (Lipinski definition) is 2. The molecule has 3 aromatic rings. The van der Waals surface area contributed by atoms with E-state index in [1.807, 2.05) is 36.4 Å². The van der Waals surface area contributed by atoms with Gasteiger partial charge in [0.25, 0.3) is 5.91 Å². The molecule has 0 bridgehead atoms. The van der Waals surface area contributed by atoms with Crippen LogP contribution in [-0.4, -0.2) is 31.1 Å². The highest BCUT2D eigenvalue weighted by Gasteiger charge is 2.23. The Morgan fingerprint density at radius 1 is 0.839 bits per heavy atom. The fourth-order valence-corrected chi connectivity index (χ4v) is 3.36. The molecular formula is C25H24N2O4. The Bertz CT molecular complexity index is 1040. The first-order valence-corrected chi connectivity index (χ1v) is 10.3. The maximum atomic E-state index is 13.1. The van der Waals surface area contributed by atoms with Crippen molar-refractivity contribution in [3.63, 3.8) is 0 Å². The lowest BCUT2D eigenvalue weighted by molar-refractivity contribution is -0.118. The zero-order valence-electron chi connectivity index (χ0n) is 17.0. The summed E-state index contributed by atoms with van der Waals surface area (Å²) in [5, 5.41) is 5.77. The Balaban J connectivity index is 1.52. The second-order valence-electron chi connectivity index (χ2n) is 7.28. The number of ether oxygens (including phenoxy) is 2. The zero-order chi connectivity index (χ0) is 21.5. The summed E-state index contributed by atoms with van der Waals surface area (Å²) in [6.07, 6.45) is 1.18. The van der Waals surface area contributed by atoms with Crippen molar-refractivity contribution in [2.75, 3.05) is 18.5 Å². The molecule has 0 spiro atoms. The molecule has 6 heteroatoms. The van der Waals surface area contributed by atoms with Gasteiger partial charge in [0.15, 0.2) is 11.5 Å². The third-order valence-corrected chi connectivity index (χ3v) is 4.96. The summed E-state index contributed by atoms with van der Waals surface area (Å²) in [6.45, 7) is 1.16. The number of hydrogen-bond acceptors (Lipinski definition) is 4. The largest absolute Gasteiger partial charge is 0.490 e. The first kappa shape index (κ1) is 20.5. The van der Waals surface area contributed by atoms with Crippen LogP contribution in [0.4, 0.5) is 5.69 Å². The third kappa shape index (κ3) is 5.42. The average Bonchev–Trinajstić information content (AvgIpc) is 3.05. The minimum absolute atomic E-state index is 0.296. The van der Waals surface area contributed by atoms with E-state index in [4.69, 9.17) is 9.47 Å². The van der Waals surface area contributed by atoms with Crippen molar-refractivity contribution in [3.05, 3.63) is 90.0 Å². The number of benzene rings is 3. The predicted octanol–water partition coefficient (Wildman–Crippen LogP) is 3.83. The summed E-state index contributed by atoms with van der Waals surface area (Å²) >= 11 is 0. The summed E-state index contributed by atoms with van der Waals surface area (Å²) in [5.74, 6) is 0.662. The Labute approximate surface area is 181 Å². The van der Waals surface area contributed by atoms with E-state index >= 15 is 0 Å². The predicted molar refractivity (Wildman–Crippen MR) is 119 cm³/mol. The van der Waals surface area contributed by atoms with Crippen LogP contribution in [0.25, 0.3) is 0 Å². The molecule has 0 saturated carbocycles. The molecule has 0 radical (unpaired) electrons. The summed E-state index contributed by atoms with van der Waals surface area (Å²) in [4.78, 5) is 25.8. The minimum Gasteiger partial charge on any atom is -0.490 e. The number of amides is 2. The molecule has 158 valence electrons. The maximum absolute atomic E-state index is 13.1. The van der Waals surface area contributed by atoms with Gasteiger partial charge in [0.05, 0.1) is 13.2 Å². The van der Waals surface area contributed by atoms with Gasteiger partial charge in [0, 0.05) is 30.2 Å². The minimum atomic E-state index is -0.744. The van der Waals surface area contributed by atoms with E-state index < -0.39 is 6.04 Å². The van der Waals surface area contributed by atoms with Crippen molar-refractivity contribution < 1.29 is 19.1 Å². The molecule has 2 amide bonds. The Kier molecular flexibility index (Phi) is 6.47. The van der Waals surface area contributed by atoms with E-state index in [2.05, 4.69) is 10.6 Å². The standard InChI is InChI=1S/C25H24N2O4/c28-24(19-10-5-2-6-11-19)27-21(16-18-8-3-1-4-9-18)25(29)26-20-12-13-22-23(17-20)31-15-7-14-30-22/h1-6,8-13,17,21H,7,14-16H2,(H,26,29)(H,27,28)/t21-/m0/s1. The van der Waals surface area contributed by atoms with E-state index in [1.54, 1.807) is 42.5 Å². The highest BCUT2D eigenvalue weighted by atomic mass is 16.5. The Morgan fingerprint density at radius 2 is 1.52 bits per heavy atom. The van der Waals surface area contributed by atoms with Crippen LogP contribution in [0.5, 0.6) is 11.5 Å². The van der Waals surface area contributed by atoms with E-state index in [1.165, 1.54) is 0 Å². The summed E-state index contributed by atoms with van der Waals surface area (Å²) in [7, 11) is 0. The van der Waals surface area contributed by atoms with Gasteiger partial charge in [-0.1, -0.05) is 48.5 Å². The summed E-state index contributed by atoms with van der Waals surface area (Å²) in [5.41, 5.74) is 2.04. The van der Waals surface area contributed by atoms with Crippen LogP contribution < -0.4 is 20.1 Å². The van der Waals surface area contributed by atoms with Gasteiger partial charge in [-0.25, -0.2) is 0 Å². The number of fused-ring (bicyclic) bond motifs is 1. The Morgan fingerprint density at radius 3 is 2.26 bits per heavy atom. The normalized spacial score (nSPS) is 13.5. The topological polar surface area (TPSA) is 76.7 Å². The smallest absolute Gasteiger partial charge is 0.251 e.